The van der Waals surface area contributed by atoms with E-state index in [2.05, 4.69) is 46.0 Å². The van der Waals surface area contributed by atoms with Crippen LogP contribution in [-0.2, 0) is 12.8 Å². The van der Waals surface area contributed by atoms with Crippen LogP contribution in [0, 0.1) is 0 Å². The van der Waals surface area contributed by atoms with E-state index >= 15 is 0 Å². The van der Waals surface area contributed by atoms with Crippen molar-refractivity contribution in [3.63, 3.8) is 0 Å². The van der Waals surface area contributed by atoms with Gasteiger partial charge in [-0.1, -0.05) is 40.7 Å². The zero-order chi connectivity index (χ0) is 21.8. The van der Waals surface area contributed by atoms with E-state index in [1.54, 1.807) is 42.2 Å². The number of carbonyl (C=O) groups is 1. The van der Waals surface area contributed by atoms with Gasteiger partial charge in [0, 0.05) is 17.8 Å². The van der Waals surface area contributed by atoms with Gasteiger partial charge >= 0.3 is 0 Å². The highest BCUT2D eigenvalue weighted by Gasteiger charge is 2.24. The first-order chi connectivity index (χ1) is 15.0. The van der Waals surface area contributed by atoms with E-state index in [1.807, 2.05) is 0 Å². The van der Waals surface area contributed by atoms with Gasteiger partial charge in [-0.25, -0.2) is 10.1 Å². The number of hydrazone groups is 1. The fraction of sp³-hybridized carbons (Fsp3) is 0.125. The van der Waals surface area contributed by atoms with Gasteiger partial charge in [0.2, 0.25) is 11.6 Å². The Bertz CT molecular complexity index is 1230. The van der Waals surface area contributed by atoms with Gasteiger partial charge in [0.05, 0.1) is 11.9 Å². The number of carbonyl (C=O) groups excluding carboxylic acids is 1. The van der Waals surface area contributed by atoms with E-state index in [-0.39, 0.29) is 23.1 Å². The molecule has 31 heavy (non-hydrogen) atoms. The summed E-state index contributed by atoms with van der Waals surface area (Å²) in [6, 6.07) is 6.96. The van der Waals surface area contributed by atoms with E-state index in [4.69, 9.17) is 17.3 Å². The van der Waals surface area contributed by atoms with Gasteiger partial charge in [-0.3, -0.25) is 4.79 Å². The third-order valence-corrected chi connectivity index (χ3v) is 5.23. The minimum atomic E-state index is -0.569. The predicted octanol–water partition coefficient (Wildman–Crippen LogP) is 1.07. The molecule has 0 fully saturated rings. The van der Waals surface area contributed by atoms with Crippen molar-refractivity contribution < 1.29 is 9.42 Å². The van der Waals surface area contributed by atoms with E-state index in [0.717, 1.165) is 5.56 Å². The lowest BCUT2D eigenvalue weighted by atomic mass is 10.2. The van der Waals surface area contributed by atoms with Gasteiger partial charge in [-0.15, -0.1) is 15.3 Å². The Balaban J connectivity index is 1.57. The highest BCUT2D eigenvalue weighted by atomic mass is 35.5. The Morgan fingerprint density at radius 2 is 2.13 bits per heavy atom. The highest BCUT2D eigenvalue weighted by molar-refractivity contribution is 7.98. The van der Waals surface area contributed by atoms with Crippen LogP contribution in [-0.4, -0.2) is 52.2 Å². The number of amides is 1. The quantitative estimate of drug-likeness (QED) is 0.231. The summed E-state index contributed by atoms with van der Waals surface area (Å²) in [5.41, 5.74) is 9.39. The molecule has 4 aromatic rings. The van der Waals surface area contributed by atoms with Crippen molar-refractivity contribution in [2.75, 3.05) is 5.73 Å². The number of nitrogens with one attached hydrogen (secondary N) is 1. The van der Waals surface area contributed by atoms with Crippen molar-refractivity contribution in [3.05, 3.63) is 52.6 Å². The summed E-state index contributed by atoms with van der Waals surface area (Å²) < 4.78 is 7.66. The first-order valence-corrected chi connectivity index (χ1v) is 9.98. The molecule has 0 aliphatic rings. The van der Waals surface area contributed by atoms with Crippen molar-refractivity contribution in [1.29, 1.82) is 0 Å². The Morgan fingerprint density at radius 3 is 2.81 bits per heavy atom. The lowest BCUT2D eigenvalue weighted by Gasteiger charge is -2.05. The molecule has 1 aromatic carbocycles. The van der Waals surface area contributed by atoms with Gasteiger partial charge in [0.1, 0.15) is 6.33 Å². The van der Waals surface area contributed by atoms with Crippen LogP contribution in [0.15, 0.2) is 45.5 Å². The SMILES string of the molecule is Cn1cnnc1SCc1c(C(=O)NN=Cc2ccc(Cl)cc2)nnn1-c1nonc1N. The molecule has 13 nitrogen and oxygen atoms in total. The number of hydrogen-bond acceptors (Lipinski definition) is 11. The second-order valence-electron chi connectivity index (χ2n) is 6.03. The summed E-state index contributed by atoms with van der Waals surface area (Å²) in [5, 5.41) is 28.2. The molecule has 0 unspecified atom stereocenters. The number of rotatable bonds is 7. The topological polar surface area (TPSA) is 168 Å². The number of nitrogens with two attached hydrogens (primary N) is 1. The second-order valence-corrected chi connectivity index (χ2v) is 7.41. The summed E-state index contributed by atoms with van der Waals surface area (Å²) in [6.45, 7) is 0. The van der Waals surface area contributed by atoms with Gasteiger partial charge in [0.15, 0.2) is 10.9 Å². The fourth-order valence-corrected chi connectivity index (χ4v) is 3.43. The number of halogens is 1. The Morgan fingerprint density at radius 1 is 1.32 bits per heavy atom. The number of aromatic nitrogens is 8. The standard InChI is InChI=1S/C16H14ClN11O2S/c1-27-8-20-23-16(27)31-7-11-12(21-26-28(11)14-13(18)24-30-25-14)15(29)22-19-6-9-2-4-10(17)5-3-9/h2-6,8H,7H2,1H3,(H2,18,24)(H,22,29). The first kappa shape index (κ1) is 20.5. The first-order valence-electron chi connectivity index (χ1n) is 8.61. The third-order valence-electron chi connectivity index (χ3n) is 3.93. The minimum absolute atomic E-state index is 0.00234. The summed E-state index contributed by atoms with van der Waals surface area (Å²) in [5.74, 6) is -0.192. The van der Waals surface area contributed by atoms with Crippen LogP contribution in [0.3, 0.4) is 0 Å². The fourth-order valence-electron chi connectivity index (χ4n) is 2.42. The maximum absolute atomic E-state index is 12.7. The maximum Gasteiger partial charge on any atom is 0.293 e. The van der Waals surface area contributed by atoms with E-state index in [0.29, 0.717) is 15.9 Å². The molecule has 0 aliphatic carbocycles. The number of anilines is 1. The summed E-state index contributed by atoms with van der Waals surface area (Å²) in [4.78, 5) is 12.7. The van der Waals surface area contributed by atoms with E-state index < -0.39 is 5.91 Å². The van der Waals surface area contributed by atoms with Crippen LogP contribution in [0.4, 0.5) is 5.82 Å². The van der Waals surface area contributed by atoms with Crippen molar-refractivity contribution in [2.24, 2.45) is 12.1 Å². The zero-order valence-electron chi connectivity index (χ0n) is 15.9. The lowest BCUT2D eigenvalue weighted by Crippen LogP contribution is -2.20. The monoisotopic (exact) mass is 459 g/mol. The van der Waals surface area contributed by atoms with Gasteiger partial charge in [-0.2, -0.15) is 9.78 Å². The van der Waals surface area contributed by atoms with Crippen LogP contribution in [0.2, 0.25) is 5.02 Å². The van der Waals surface area contributed by atoms with Crippen LogP contribution in [0.5, 0.6) is 0 Å². The molecule has 3 heterocycles. The smallest absolute Gasteiger partial charge is 0.293 e. The predicted molar refractivity (Wildman–Crippen MR) is 111 cm³/mol. The molecule has 4 rings (SSSR count). The summed E-state index contributed by atoms with van der Waals surface area (Å²) in [7, 11) is 1.80. The number of nitrogens with zero attached hydrogens (tertiary/aromatic N) is 9. The Hall–Kier alpha value is -3.78. The summed E-state index contributed by atoms with van der Waals surface area (Å²) in [6.07, 6.45) is 3.04. The van der Waals surface area contributed by atoms with Gasteiger partial charge < -0.3 is 10.3 Å². The molecule has 3 N–H and O–H groups in total. The highest BCUT2D eigenvalue weighted by Crippen LogP contribution is 2.24. The minimum Gasteiger partial charge on any atom is -0.378 e. The van der Waals surface area contributed by atoms with E-state index in [1.165, 1.54) is 22.7 Å². The Labute approximate surface area is 183 Å². The zero-order valence-corrected chi connectivity index (χ0v) is 17.4. The molecule has 1 amide bonds. The van der Waals surface area contributed by atoms with Crippen LogP contribution < -0.4 is 11.2 Å². The molecule has 0 spiro atoms. The van der Waals surface area contributed by atoms with Gasteiger partial charge in [-0.05, 0) is 28.0 Å². The third kappa shape index (κ3) is 4.54. The van der Waals surface area contributed by atoms with Crippen molar-refractivity contribution >= 4 is 41.3 Å². The average Bonchev–Trinajstić information content (AvgIpc) is 3.47. The summed E-state index contributed by atoms with van der Waals surface area (Å²) >= 11 is 7.18. The molecule has 0 atom stereocenters. The second kappa shape index (κ2) is 8.93. The number of nitrogen functional groups attached to an aromatic ring is 1. The maximum atomic E-state index is 12.7. The van der Waals surface area contributed by atoms with Crippen molar-refractivity contribution in [3.8, 4) is 5.82 Å². The van der Waals surface area contributed by atoms with Crippen molar-refractivity contribution in [1.82, 2.24) is 45.5 Å². The molecule has 0 radical (unpaired) electrons. The molecular weight excluding hydrogens is 446 g/mol. The van der Waals surface area contributed by atoms with Crippen LogP contribution in [0.25, 0.3) is 5.82 Å². The molecule has 0 saturated carbocycles. The van der Waals surface area contributed by atoms with E-state index in [9.17, 15) is 4.79 Å². The molecule has 0 aliphatic heterocycles. The number of thioether (sulfide) groups is 1. The molecule has 15 heteroatoms. The van der Waals surface area contributed by atoms with Crippen molar-refractivity contribution in [2.45, 2.75) is 10.9 Å². The molecular formula is C16H14ClN11O2S. The molecule has 0 saturated heterocycles. The normalized spacial score (nSPS) is 11.3. The average molecular weight is 460 g/mol. The van der Waals surface area contributed by atoms with Gasteiger partial charge in [0.25, 0.3) is 5.91 Å². The Kier molecular flexibility index (Phi) is 5.90. The lowest BCUT2D eigenvalue weighted by molar-refractivity contribution is 0.0949. The number of hydrogen-bond donors (Lipinski definition) is 2. The van der Waals surface area contributed by atoms with Crippen LogP contribution in [0.1, 0.15) is 21.7 Å². The molecule has 0 bridgehead atoms. The molecule has 3 aromatic heterocycles. The van der Waals surface area contributed by atoms with Crippen LogP contribution >= 0.6 is 23.4 Å². The molecule has 158 valence electrons. The largest absolute Gasteiger partial charge is 0.378 e. The number of benzene rings is 1. The number of aryl methyl sites for hydroxylation is 1.